The third kappa shape index (κ3) is 7.05. The van der Waals surface area contributed by atoms with Crippen LogP contribution in [0.1, 0.15) is 34.3 Å². The topological polar surface area (TPSA) is 103 Å². The van der Waals surface area contributed by atoms with E-state index in [9.17, 15) is 18.4 Å². The molecule has 3 aromatic rings. The van der Waals surface area contributed by atoms with Crippen LogP contribution in [-0.2, 0) is 20.6 Å². The van der Waals surface area contributed by atoms with E-state index in [1.165, 1.54) is 13.2 Å². The number of hydrogen-bond donors (Lipinski definition) is 1. The fraction of sp³-hybridized carbons (Fsp3) is 0.375. The lowest BCUT2D eigenvalue weighted by molar-refractivity contribution is -0.0174. The quantitative estimate of drug-likeness (QED) is 0.378. The number of methoxy groups -OCH3 is 1. The number of likely N-dealkylation sites (tertiary alicyclic amines) is 1. The van der Waals surface area contributed by atoms with Gasteiger partial charge >= 0.3 is 6.09 Å². The number of carbonyl (C=O) groups is 2. The Balaban J connectivity index is 0.00000253. The lowest BCUT2D eigenvalue weighted by Gasteiger charge is -2.51. The molecule has 0 bridgehead atoms. The molecule has 8 nitrogen and oxygen atoms in total. The van der Waals surface area contributed by atoms with Crippen LogP contribution in [0.25, 0.3) is 0 Å². The summed E-state index contributed by atoms with van der Waals surface area (Å²) in [6.07, 6.45) is 0.411. The highest BCUT2D eigenvalue weighted by atomic mass is 35.5. The van der Waals surface area contributed by atoms with Crippen molar-refractivity contribution >= 4 is 24.3 Å². The van der Waals surface area contributed by atoms with Crippen molar-refractivity contribution in [2.24, 2.45) is 0 Å². The van der Waals surface area contributed by atoms with Crippen LogP contribution < -0.4 is 5.32 Å². The van der Waals surface area contributed by atoms with E-state index in [0.717, 1.165) is 17.7 Å². The van der Waals surface area contributed by atoms with E-state index in [1.807, 2.05) is 36.4 Å². The van der Waals surface area contributed by atoms with E-state index < -0.39 is 28.8 Å². The molecule has 2 aliphatic rings. The summed E-state index contributed by atoms with van der Waals surface area (Å²) in [5.41, 5.74) is -0.227. The first-order valence-electron chi connectivity index (χ1n) is 13.9. The Morgan fingerprint density at radius 1 is 0.907 bits per heavy atom. The number of carbonyl (C=O) groups excluding carboxylic acids is 2. The predicted octanol–water partition coefficient (Wildman–Crippen LogP) is 4.32. The standard InChI is InChI=1S/C32H35F2N3O4.ClH.H2O/c1-40-30(39)35-31(25-10-6-3-7-11-25)14-16-37(17-15-31)32(23-36-18-20-41-21-19-36,26-12-13-27(33)28(34)22-26)29(38)24-8-4-2-5-9-24;;/h2-13,22H,14-21,23H2,1H3,(H,35,39);1H;1H2. The normalized spacial score (nSPS) is 18.3. The highest BCUT2D eigenvalue weighted by Gasteiger charge is 2.51. The summed E-state index contributed by atoms with van der Waals surface area (Å²) in [5.74, 6) is -2.16. The van der Waals surface area contributed by atoms with Gasteiger partial charge in [-0.05, 0) is 36.1 Å². The molecule has 1 amide bonds. The largest absolute Gasteiger partial charge is 0.453 e. The average molecular weight is 618 g/mol. The van der Waals surface area contributed by atoms with E-state index in [-0.39, 0.29) is 30.2 Å². The Kier molecular flexibility index (Phi) is 11.8. The molecular weight excluding hydrogens is 580 g/mol. The Morgan fingerprint density at radius 3 is 2.09 bits per heavy atom. The molecule has 0 spiro atoms. The molecule has 11 heteroatoms. The number of halogens is 3. The molecule has 232 valence electrons. The van der Waals surface area contributed by atoms with E-state index >= 15 is 0 Å². The van der Waals surface area contributed by atoms with Gasteiger partial charge in [-0.15, -0.1) is 12.4 Å². The Morgan fingerprint density at radius 2 is 1.51 bits per heavy atom. The van der Waals surface area contributed by atoms with Crippen molar-refractivity contribution in [1.82, 2.24) is 15.1 Å². The van der Waals surface area contributed by atoms with Gasteiger partial charge in [0.25, 0.3) is 0 Å². The summed E-state index contributed by atoms with van der Waals surface area (Å²) in [5, 5.41) is 3.06. The fourth-order valence-electron chi connectivity index (χ4n) is 6.14. The highest BCUT2D eigenvalue weighted by Crippen LogP contribution is 2.41. The Bertz CT molecular complexity index is 1350. The zero-order chi connectivity index (χ0) is 28.9. The summed E-state index contributed by atoms with van der Waals surface area (Å²) in [7, 11) is 1.33. The molecule has 2 aliphatic heterocycles. The summed E-state index contributed by atoms with van der Waals surface area (Å²) in [6, 6.07) is 22.4. The SMILES string of the molecule is COC(=O)NC1(c2ccccc2)CCN(C(CN2CCOCC2)(C(=O)c2ccccc2)c2ccc(F)c(F)c2)CC1.Cl.O. The number of amides is 1. The van der Waals surface area contributed by atoms with Crippen molar-refractivity contribution in [1.29, 1.82) is 0 Å². The van der Waals surface area contributed by atoms with Crippen LogP contribution in [0.15, 0.2) is 78.9 Å². The minimum absolute atomic E-state index is 0. The minimum Gasteiger partial charge on any atom is -0.453 e. The zero-order valence-corrected chi connectivity index (χ0v) is 24.9. The fourth-order valence-corrected chi connectivity index (χ4v) is 6.14. The van der Waals surface area contributed by atoms with Crippen molar-refractivity contribution in [3.63, 3.8) is 0 Å². The van der Waals surface area contributed by atoms with Gasteiger partial charge in [0.1, 0.15) is 5.54 Å². The second kappa shape index (κ2) is 14.9. The average Bonchev–Trinajstić information content (AvgIpc) is 3.02. The number of benzene rings is 3. The van der Waals surface area contributed by atoms with Crippen LogP contribution >= 0.6 is 12.4 Å². The molecule has 0 aromatic heterocycles. The maximum atomic E-state index is 14.8. The summed E-state index contributed by atoms with van der Waals surface area (Å²) in [6.45, 7) is 3.35. The summed E-state index contributed by atoms with van der Waals surface area (Å²) in [4.78, 5) is 31.4. The van der Waals surface area contributed by atoms with E-state index in [1.54, 1.807) is 24.3 Å². The number of piperidine rings is 1. The van der Waals surface area contributed by atoms with Gasteiger partial charge in [-0.25, -0.2) is 13.6 Å². The van der Waals surface area contributed by atoms with Crippen molar-refractivity contribution in [2.75, 3.05) is 53.0 Å². The van der Waals surface area contributed by atoms with Gasteiger partial charge < -0.3 is 20.3 Å². The second-order valence-electron chi connectivity index (χ2n) is 10.6. The third-order valence-corrected chi connectivity index (χ3v) is 8.37. The molecule has 2 heterocycles. The number of morpholine rings is 1. The van der Waals surface area contributed by atoms with Crippen molar-refractivity contribution in [3.05, 3.63) is 107 Å². The number of nitrogens with one attached hydrogen (secondary N) is 1. The van der Waals surface area contributed by atoms with Gasteiger partial charge in [-0.1, -0.05) is 66.7 Å². The zero-order valence-electron chi connectivity index (χ0n) is 24.1. The molecule has 0 radical (unpaired) electrons. The maximum Gasteiger partial charge on any atom is 0.407 e. The van der Waals surface area contributed by atoms with Gasteiger partial charge in [0, 0.05) is 38.3 Å². The first kappa shape index (κ1) is 34.1. The molecule has 3 N–H and O–H groups in total. The van der Waals surface area contributed by atoms with E-state index in [4.69, 9.17) is 9.47 Å². The van der Waals surface area contributed by atoms with Crippen molar-refractivity contribution in [2.45, 2.75) is 23.9 Å². The number of Topliss-reactive ketones (excluding diaryl/α,β-unsaturated/α-hetero) is 1. The highest BCUT2D eigenvalue weighted by molar-refractivity contribution is 6.04. The van der Waals surface area contributed by atoms with Gasteiger partial charge in [0.15, 0.2) is 17.4 Å². The van der Waals surface area contributed by atoms with Crippen LogP contribution in [0.3, 0.4) is 0 Å². The molecule has 3 aromatic carbocycles. The van der Waals surface area contributed by atoms with Gasteiger partial charge in [-0.3, -0.25) is 14.6 Å². The van der Waals surface area contributed by atoms with Crippen LogP contribution in [0.2, 0.25) is 0 Å². The van der Waals surface area contributed by atoms with Crippen LogP contribution in [0, 0.1) is 11.6 Å². The molecule has 1 atom stereocenters. The molecular formula is C32H38ClF2N3O5. The number of hydrogen-bond acceptors (Lipinski definition) is 6. The number of nitrogens with zero attached hydrogens (tertiary/aromatic N) is 2. The lowest BCUT2D eigenvalue weighted by atomic mass is 9.75. The molecule has 2 fully saturated rings. The van der Waals surface area contributed by atoms with Gasteiger partial charge in [0.05, 0.1) is 25.9 Å². The van der Waals surface area contributed by atoms with Crippen molar-refractivity contribution < 1.29 is 33.3 Å². The minimum atomic E-state index is -1.32. The number of alkyl carbamates (subject to hydrolysis) is 1. The molecule has 2 saturated heterocycles. The molecule has 0 aliphatic carbocycles. The monoisotopic (exact) mass is 617 g/mol. The molecule has 0 saturated carbocycles. The van der Waals surface area contributed by atoms with E-state index in [0.29, 0.717) is 63.4 Å². The predicted molar refractivity (Wildman–Crippen MR) is 161 cm³/mol. The first-order valence-corrected chi connectivity index (χ1v) is 13.9. The molecule has 43 heavy (non-hydrogen) atoms. The number of rotatable bonds is 8. The smallest absolute Gasteiger partial charge is 0.407 e. The van der Waals surface area contributed by atoms with Crippen LogP contribution in [-0.4, -0.2) is 80.2 Å². The summed E-state index contributed by atoms with van der Waals surface area (Å²) >= 11 is 0. The Labute approximate surface area is 256 Å². The van der Waals surface area contributed by atoms with Gasteiger partial charge in [-0.2, -0.15) is 0 Å². The van der Waals surface area contributed by atoms with Crippen molar-refractivity contribution in [3.8, 4) is 0 Å². The van der Waals surface area contributed by atoms with Crippen LogP contribution in [0.4, 0.5) is 13.6 Å². The first-order chi connectivity index (χ1) is 19.9. The molecule has 1 unspecified atom stereocenters. The number of ketones is 1. The van der Waals surface area contributed by atoms with E-state index in [2.05, 4.69) is 15.1 Å². The number of ether oxygens (including phenoxy) is 2. The second-order valence-corrected chi connectivity index (χ2v) is 10.6. The lowest BCUT2D eigenvalue weighted by Crippen LogP contribution is -2.64. The summed E-state index contributed by atoms with van der Waals surface area (Å²) < 4.78 is 39.6. The van der Waals surface area contributed by atoms with Crippen LogP contribution in [0.5, 0.6) is 0 Å². The Hall–Kier alpha value is -3.41. The molecule has 5 rings (SSSR count). The maximum absolute atomic E-state index is 14.8. The third-order valence-electron chi connectivity index (χ3n) is 8.37. The van der Waals surface area contributed by atoms with Gasteiger partial charge in [0.2, 0.25) is 0 Å².